The van der Waals surface area contributed by atoms with E-state index in [4.69, 9.17) is 9.47 Å². The maximum atomic E-state index is 11.2. The van der Waals surface area contributed by atoms with Crippen molar-refractivity contribution in [3.05, 3.63) is 131 Å². The van der Waals surface area contributed by atoms with Crippen molar-refractivity contribution < 1.29 is 9.47 Å². The molecular formula is C35H26N4O2S. The van der Waals surface area contributed by atoms with Crippen LogP contribution in [-0.4, -0.2) is 14.2 Å². The Morgan fingerprint density at radius 1 is 0.500 bits per heavy atom. The largest absolute Gasteiger partial charge is 0.497 e. The van der Waals surface area contributed by atoms with Crippen molar-refractivity contribution >= 4 is 11.8 Å². The number of aryl methyl sites for hydroxylation is 1. The number of thioether (sulfide) groups is 1. The Hall–Kier alpha value is -5.21. The highest BCUT2D eigenvalue weighted by atomic mass is 32.2. The molecule has 0 radical (unpaired) electrons. The zero-order chi connectivity index (χ0) is 30.0. The normalized spacial score (nSPS) is 19.3. The molecule has 4 aromatic rings. The van der Waals surface area contributed by atoms with Gasteiger partial charge in [0, 0.05) is 0 Å². The van der Waals surface area contributed by atoms with Gasteiger partial charge in [0.2, 0.25) is 0 Å². The number of rotatable bonds is 6. The fourth-order valence-electron chi connectivity index (χ4n) is 6.16. The third kappa shape index (κ3) is 3.55. The molecule has 0 N–H and O–H groups in total. The maximum Gasteiger partial charge on any atom is 0.200 e. The van der Waals surface area contributed by atoms with E-state index in [0.717, 1.165) is 5.56 Å². The number of hydrogen-bond donors (Lipinski definition) is 0. The predicted molar refractivity (Wildman–Crippen MR) is 160 cm³/mol. The van der Waals surface area contributed by atoms with Crippen LogP contribution in [0.4, 0.5) is 0 Å². The summed E-state index contributed by atoms with van der Waals surface area (Å²) >= 11 is 1.29. The molecule has 1 atom stereocenters. The second kappa shape index (κ2) is 10.6. The average Bonchev–Trinajstić information content (AvgIpc) is 3.30. The minimum Gasteiger partial charge on any atom is -0.497 e. The van der Waals surface area contributed by atoms with Gasteiger partial charge in [0.05, 0.1) is 38.5 Å². The molecule has 42 heavy (non-hydrogen) atoms. The van der Waals surface area contributed by atoms with Crippen molar-refractivity contribution in [1.82, 2.24) is 0 Å². The standard InChI is InChI=1S/C35H26N4O2S/c1-25-9-11-27(12-10-25)34(26-7-5-4-6-8-26)32(21-36,22-37)33(23-38,24-39)35(42-34,28-13-17-30(40-2)18-14-28)29-15-19-31(41-3)20-16-29/h4-20H,1-3H3. The molecule has 1 saturated heterocycles. The molecule has 5 rings (SSSR count). The van der Waals surface area contributed by atoms with Crippen molar-refractivity contribution in [2.45, 2.75) is 16.4 Å². The Bertz CT molecular complexity index is 1700. The van der Waals surface area contributed by atoms with E-state index in [1.165, 1.54) is 11.8 Å². The van der Waals surface area contributed by atoms with Crippen LogP contribution in [0, 0.1) is 63.1 Å². The van der Waals surface area contributed by atoms with Crippen LogP contribution in [0.2, 0.25) is 0 Å². The smallest absolute Gasteiger partial charge is 0.200 e. The lowest BCUT2D eigenvalue weighted by atomic mass is 9.50. The van der Waals surface area contributed by atoms with Crippen LogP contribution in [0.15, 0.2) is 103 Å². The van der Waals surface area contributed by atoms with E-state index in [2.05, 4.69) is 24.3 Å². The number of benzene rings is 4. The van der Waals surface area contributed by atoms with Crippen LogP contribution >= 0.6 is 11.8 Å². The minimum absolute atomic E-state index is 0.585. The maximum absolute atomic E-state index is 11.2. The van der Waals surface area contributed by atoms with Gasteiger partial charge in [0.1, 0.15) is 21.0 Å². The lowest BCUT2D eigenvalue weighted by Crippen LogP contribution is -2.52. The first kappa shape index (κ1) is 28.3. The van der Waals surface area contributed by atoms with Crippen LogP contribution in [0.5, 0.6) is 11.5 Å². The third-order valence-corrected chi connectivity index (χ3v) is 10.4. The fraction of sp³-hybridized carbons (Fsp3) is 0.200. The molecule has 1 fully saturated rings. The molecule has 204 valence electrons. The predicted octanol–water partition coefficient (Wildman–Crippen LogP) is 7.01. The number of nitrogens with zero attached hydrogens (tertiary/aromatic N) is 4. The molecule has 7 heteroatoms. The lowest BCUT2D eigenvalue weighted by molar-refractivity contribution is 0.237. The summed E-state index contributed by atoms with van der Waals surface area (Å²) in [6.45, 7) is 1.95. The summed E-state index contributed by atoms with van der Waals surface area (Å²) in [5.41, 5.74) is -0.926. The molecule has 0 saturated carbocycles. The van der Waals surface area contributed by atoms with E-state index >= 15 is 0 Å². The first-order chi connectivity index (χ1) is 20.4. The van der Waals surface area contributed by atoms with Crippen LogP contribution in [0.1, 0.15) is 27.8 Å². The van der Waals surface area contributed by atoms with E-state index < -0.39 is 20.3 Å². The average molecular weight is 567 g/mol. The highest BCUT2D eigenvalue weighted by Gasteiger charge is 2.83. The van der Waals surface area contributed by atoms with Crippen molar-refractivity contribution in [3.63, 3.8) is 0 Å². The number of nitriles is 4. The van der Waals surface area contributed by atoms with E-state index in [1.807, 2.05) is 61.5 Å². The van der Waals surface area contributed by atoms with Crippen molar-refractivity contribution in [2.24, 2.45) is 10.8 Å². The molecular weight excluding hydrogens is 540 g/mol. The molecule has 6 nitrogen and oxygen atoms in total. The lowest BCUT2D eigenvalue weighted by Gasteiger charge is -2.40. The summed E-state index contributed by atoms with van der Waals surface area (Å²) in [5.74, 6) is 1.18. The second-order valence-corrected chi connectivity index (χ2v) is 11.5. The quantitative estimate of drug-likeness (QED) is 0.246. The first-order valence-corrected chi connectivity index (χ1v) is 14.0. The van der Waals surface area contributed by atoms with Gasteiger partial charge < -0.3 is 9.47 Å². The molecule has 0 spiro atoms. The van der Waals surface area contributed by atoms with Crippen molar-refractivity contribution in [2.75, 3.05) is 14.2 Å². The Kier molecular flexibility index (Phi) is 7.18. The fourth-order valence-corrected chi connectivity index (χ4v) is 8.43. The summed E-state index contributed by atoms with van der Waals surface area (Å²) in [7, 11) is 3.11. The van der Waals surface area contributed by atoms with Gasteiger partial charge in [0.25, 0.3) is 0 Å². The zero-order valence-electron chi connectivity index (χ0n) is 23.3. The third-order valence-electron chi connectivity index (χ3n) is 8.23. The molecule has 0 aliphatic carbocycles. The van der Waals surface area contributed by atoms with Crippen LogP contribution < -0.4 is 9.47 Å². The van der Waals surface area contributed by atoms with Gasteiger partial charge in [-0.2, -0.15) is 21.0 Å². The summed E-state index contributed by atoms with van der Waals surface area (Å²) in [6, 6.07) is 40.2. The molecule has 0 aromatic heterocycles. The Balaban J connectivity index is 2.04. The molecule has 1 heterocycles. The Morgan fingerprint density at radius 3 is 1.17 bits per heavy atom. The topological polar surface area (TPSA) is 114 Å². The van der Waals surface area contributed by atoms with Crippen molar-refractivity contribution in [3.8, 4) is 35.8 Å². The number of hydrogen-bond acceptors (Lipinski definition) is 7. The molecule has 1 unspecified atom stereocenters. The minimum atomic E-state index is -2.20. The van der Waals surface area contributed by atoms with Crippen LogP contribution in [-0.2, 0) is 9.49 Å². The van der Waals surface area contributed by atoms with Crippen molar-refractivity contribution in [1.29, 1.82) is 21.0 Å². The number of methoxy groups -OCH3 is 2. The van der Waals surface area contributed by atoms with E-state index in [0.29, 0.717) is 33.8 Å². The molecule has 1 aliphatic rings. The van der Waals surface area contributed by atoms with E-state index in [9.17, 15) is 21.0 Å². The van der Waals surface area contributed by atoms with Gasteiger partial charge >= 0.3 is 0 Å². The first-order valence-electron chi connectivity index (χ1n) is 13.2. The zero-order valence-corrected chi connectivity index (χ0v) is 24.1. The number of ether oxygens (including phenoxy) is 2. The van der Waals surface area contributed by atoms with Crippen LogP contribution in [0.3, 0.4) is 0 Å². The molecule has 1 aliphatic heterocycles. The Labute approximate surface area is 250 Å². The van der Waals surface area contributed by atoms with E-state index in [1.54, 1.807) is 62.8 Å². The van der Waals surface area contributed by atoms with Crippen LogP contribution in [0.25, 0.3) is 0 Å². The summed E-state index contributed by atoms with van der Waals surface area (Å²) < 4.78 is 7.87. The highest BCUT2D eigenvalue weighted by Crippen LogP contribution is 2.80. The monoisotopic (exact) mass is 566 g/mol. The molecule has 0 amide bonds. The highest BCUT2D eigenvalue weighted by molar-refractivity contribution is 8.02. The summed E-state index contributed by atoms with van der Waals surface area (Å²) in [4.78, 5) is 0. The second-order valence-electron chi connectivity index (χ2n) is 10.1. The van der Waals surface area contributed by atoms with E-state index in [-0.39, 0.29) is 0 Å². The van der Waals surface area contributed by atoms with Gasteiger partial charge in [0.15, 0.2) is 10.8 Å². The Morgan fingerprint density at radius 2 is 0.833 bits per heavy atom. The molecule has 0 bridgehead atoms. The summed E-state index contributed by atoms with van der Waals surface area (Å²) in [6.07, 6.45) is 0. The summed E-state index contributed by atoms with van der Waals surface area (Å²) in [5, 5.41) is 44.8. The SMILES string of the molecule is COc1ccc(C2(c3ccc(OC)cc3)SC(c3ccccc3)(c3ccc(C)cc3)C(C#N)(C#N)C2(C#N)C#N)cc1. The van der Waals surface area contributed by atoms with Gasteiger partial charge in [-0.15, -0.1) is 11.8 Å². The molecule has 4 aromatic carbocycles. The van der Waals surface area contributed by atoms with Gasteiger partial charge in [-0.1, -0.05) is 84.4 Å². The van der Waals surface area contributed by atoms with Gasteiger partial charge in [-0.25, -0.2) is 0 Å². The van der Waals surface area contributed by atoms with Gasteiger partial charge in [-0.3, -0.25) is 0 Å². The van der Waals surface area contributed by atoms with Gasteiger partial charge in [-0.05, 0) is 53.4 Å².